The van der Waals surface area contributed by atoms with Crippen molar-refractivity contribution >= 4 is 7.01 Å². The third kappa shape index (κ3) is 2.20. The maximum absolute atomic E-state index is 11.4. The van der Waals surface area contributed by atoms with E-state index in [0.717, 1.165) is 5.56 Å². The van der Waals surface area contributed by atoms with Gasteiger partial charge in [0.15, 0.2) is 0 Å². The summed E-state index contributed by atoms with van der Waals surface area (Å²) in [5.41, 5.74) is 1.09. The van der Waals surface area contributed by atoms with Crippen molar-refractivity contribution in [3.63, 3.8) is 0 Å². The normalized spacial score (nSPS) is 11.8. The van der Waals surface area contributed by atoms with Gasteiger partial charge in [-0.2, -0.15) is 0 Å². The van der Waals surface area contributed by atoms with Gasteiger partial charge >= 0.3 is 81.8 Å². The van der Waals surface area contributed by atoms with Gasteiger partial charge in [-0.05, 0) is 0 Å². The van der Waals surface area contributed by atoms with Crippen LogP contribution in [0.1, 0.15) is 5.56 Å². The molecule has 0 aliphatic heterocycles. The topological polar surface area (TPSA) is 34.1 Å². The van der Waals surface area contributed by atoms with E-state index in [1.54, 1.807) is 17.1 Å². The Bertz CT molecular complexity index is 353. The van der Waals surface area contributed by atoms with Gasteiger partial charge in [0.05, 0.1) is 0 Å². The summed E-state index contributed by atoms with van der Waals surface area (Å²) in [6.07, 6.45) is 0. The summed E-state index contributed by atoms with van der Waals surface area (Å²) >= 11 is -0.755. The second-order valence-electron chi connectivity index (χ2n) is 2.41. The molecule has 1 rings (SSSR count). The molecule has 0 saturated heterocycles. The molecule has 0 fully saturated rings. The van der Waals surface area contributed by atoms with Gasteiger partial charge in [-0.1, -0.05) is 0 Å². The van der Waals surface area contributed by atoms with Crippen molar-refractivity contribution in [2.45, 2.75) is 11.8 Å². The quantitative estimate of drug-likeness (QED) is 0.374. The van der Waals surface area contributed by atoms with Gasteiger partial charge in [0, 0.05) is 0 Å². The van der Waals surface area contributed by atoms with Gasteiger partial charge in [0.25, 0.3) is 0 Å². The summed E-state index contributed by atoms with van der Waals surface area (Å²) in [4.78, 5) is 2.22. The van der Waals surface area contributed by atoms with Crippen LogP contribution in [-0.2, 0) is 7.01 Å². The minimum absolute atomic E-state index is 0.461. The molecule has 12 heavy (non-hydrogen) atoms. The van der Waals surface area contributed by atoms with Crippen molar-refractivity contribution in [3.8, 4) is 0 Å². The van der Waals surface area contributed by atoms with Crippen LogP contribution in [0.15, 0.2) is 29.2 Å². The third-order valence-corrected chi connectivity index (χ3v) is 7.75. The predicted octanol–water partition coefficient (Wildman–Crippen LogP) is -1.60. The van der Waals surface area contributed by atoms with Crippen LogP contribution in [0.3, 0.4) is 0 Å². The summed E-state index contributed by atoms with van der Waals surface area (Å²) in [6, 6.07) is 7.00. The summed E-state index contributed by atoms with van der Waals surface area (Å²) in [7, 11) is -2.90. The van der Waals surface area contributed by atoms with Gasteiger partial charge in [-0.15, -0.1) is 0 Å². The summed E-state index contributed by atoms with van der Waals surface area (Å²) < 4.78 is 22.7. The molecule has 0 bridgehead atoms. The SMILES string of the molecule is C[I-]S(=O)(=O)c1ccc(C)cc1. The van der Waals surface area contributed by atoms with Gasteiger partial charge in [-0.3, -0.25) is 0 Å². The first-order valence-electron chi connectivity index (χ1n) is 3.39. The summed E-state index contributed by atoms with van der Waals surface area (Å²) in [5.74, 6) is 0. The average molecular weight is 297 g/mol. The zero-order chi connectivity index (χ0) is 9.19. The first kappa shape index (κ1) is 9.98. The number of halogens is 1. The average Bonchev–Trinajstić information content (AvgIpc) is 2.05. The zero-order valence-corrected chi connectivity index (χ0v) is 9.89. The molecule has 2 nitrogen and oxygen atoms in total. The molecular formula is C8H10IO2S-. The second kappa shape index (κ2) is 3.74. The molecule has 0 aliphatic carbocycles. The van der Waals surface area contributed by atoms with Crippen LogP contribution in [0.25, 0.3) is 0 Å². The fourth-order valence-corrected chi connectivity index (χ4v) is 3.84. The Kier molecular flexibility index (Phi) is 3.11. The number of hydrogen-bond acceptors (Lipinski definition) is 2. The van der Waals surface area contributed by atoms with Gasteiger partial charge in [-0.25, -0.2) is 0 Å². The van der Waals surface area contributed by atoms with Crippen LogP contribution in [0.2, 0.25) is 0 Å². The molecule has 0 N–H and O–H groups in total. The van der Waals surface area contributed by atoms with Crippen LogP contribution in [0.5, 0.6) is 0 Å². The summed E-state index contributed by atoms with van der Waals surface area (Å²) in [6.45, 7) is 1.94. The standard InChI is InChI=1S/C8H10IO2S/c1-7-3-5-8(6-4-7)12(10,11)9-2/h3-6H,1-2H3/q-1. The van der Waals surface area contributed by atoms with E-state index < -0.39 is 26.8 Å². The molecular weight excluding hydrogens is 287 g/mol. The maximum atomic E-state index is 11.4. The van der Waals surface area contributed by atoms with Crippen molar-refractivity contribution < 1.29 is 28.2 Å². The van der Waals surface area contributed by atoms with Gasteiger partial charge < -0.3 is 0 Å². The number of rotatable bonds is 2. The second-order valence-corrected chi connectivity index (χ2v) is 10.2. The third-order valence-electron chi connectivity index (χ3n) is 1.51. The number of hydrogen-bond donors (Lipinski definition) is 0. The predicted molar refractivity (Wildman–Crippen MR) is 44.3 cm³/mol. The molecule has 1 aromatic carbocycles. The van der Waals surface area contributed by atoms with E-state index in [9.17, 15) is 8.42 Å². The molecule has 0 unspecified atom stereocenters. The van der Waals surface area contributed by atoms with Crippen LogP contribution >= 0.6 is 0 Å². The van der Waals surface area contributed by atoms with Gasteiger partial charge in [0.1, 0.15) is 0 Å². The molecule has 0 amide bonds. The molecule has 1 aromatic rings. The molecule has 0 radical (unpaired) electrons. The molecule has 0 atom stereocenters. The minimum atomic E-state index is -2.90. The van der Waals surface area contributed by atoms with E-state index >= 15 is 0 Å². The fourth-order valence-electron chi connectivity index (χ4n) is 0.790. The van der Waals surface area contributed by atoms with Crippen molar-refractivity contribution in [2.24, 2.45) is 0 Å². The molecule has 0 heterocycles. The van der Waals surface area contributed by atoms with Crippen LogP contribution in [0, 0.1) is 6.92 Å². The summed E-state index contributed by atoms with van der Waals surface area (Å²) in [5, 5.41) is 0. The zero-order valence-electron chi connectivity index (χ0n) is 6.91. The van der Waals surface area contributed by atoms with E-state index in [1.807, 2.05) is 19.1 Å². The van der Waals surface area contributed by atoms with Crippen LogP contribution in [-0.4, -0.2) is 13.3 Å². The van der Waals surface area contributed by atoms with Gasteiger partial charge in [0.2, 0.25) is 0 Å². The van der Waals surface area contributed by atoms with E-state index in [1.165, 1.54) is 0 Å². The Balaban J connectivity index is 3.14. The van der Waals surface area contributed by atoms with Crippen molar-refractivity contribution in [2.75, 3.05) is 4.93 Å². The fraction of sp³-hybridized carbons (Fsp3) is 0.250. The Hall–Kier alpha value is -0.1000. The monoisotopic (exact) mass is 297 g/mol. The molecule has 0 saturated carbocycles. The molecule has 0 aliphatic rings. The van der Waals surface area contributed by atoms with Crippen LogP contribution < -0.4 is 19.8 Å². The Morgan fingerprint density at radius 1 is 1.17 bits per heavy atom. The number of alkyl halides is 1. The van der Waals surface area contributed by atoms with Crippen LogP contribution in [0.4, 0.5) is 0 Å². The van der Waals surface area contributed by atoms with E-state index in [-0.39, 0.29) is 0 Å². The van der Waals surface area contributed by atoms with E-state index in [4.69, 9.17) is 0 Å². The van der Waals surface area contributed by atoms with Crippen molar-refractivity contribution in [1.29, 1.82) is 0 Å². The molecule has 0 spiro atoms. The van der Waals surface area contributed by atoms with Crippen molar-refractivity contribution in [1.82, 2.24) is 0 Å². The Morgan fingerprint density at radius 2 is 1.67 bits per heavy atom. The first-order valence-corrected chi connectivity index (χ1v) is 9.57. The van der Waals surface area contributed by atoms with E-state index in [0.29, 0.717) is 4.90 Å². The first-order chi connectivity index (χ1) is 5.56. The Labute approximate surface area is 81.6 Å². The Morgan fingerprint density at radius 3 is 2.08 bits per heavy atom. The number of benzene rings is 1. The molecule has 0 aromatic heterocycles. The molecule has 4 heteroatoms. The van der Waals surface area contributed by atoms with Crippen molar-refractivity contribution in [3.05, 3.63) is 29.8 Å². The molecule has 68 valence electrons. The van der Waals surface area contributed by atoms with E-state index in [2.05, 4.69) is 0 Å². The number of aryl methyl sites for hydroxylation is 1.